The fourth-order valence-electron chi connectivity index (χ4n) is 5.23. The van der Waals surface area contributed by atoms with Crippen molar-refractivity contribution >= 4 is 35.0 Å². The van der Waals surface area contributed by atoms with E-state index in [1.165, 1.54) is 17.3 Å². The highest BCUT2D eigenvalue weighted by Gasteiger charge is 2.46. The molecule has 1 aliphatic carbocycles. The summed E-state index contributed by atoms with van der Waals surface area (Å²) in [6, 6.07) is 6.03. The zero-order chi connectivity index (χ0) is 23.3. The molecule has 0 unspecified atom stereocenters. The van der Waals surface area contributed by atoms with Gasteiger partial charge in [0.15, 0.2) is 5.65 Å². The number of hydrogen-bond donors (Lipinski definition) is 1. The lowest BCUT2D eigenvalue weighted by Crippen LogP contribution is -2.45. The van der Waals surface area contributed by atoms with Gasteiger partial charge in [0, 0.05) is 60.7 Å². The number of fused-ring (bicyclic) bond motifs is 2. The maximum Gasteiger partial charge on any atom is 0.233 e. The zero-order valence-electron chi connectivity index (χ0n) is 18.7. The third-order valence-electron chi connectivity index (χ3n) is 7.09. The van der Waals surface area contributed by atoms with Crippen LogP contribution in [0.3, 0.4) is 0 Å². The lowest BCUT2D eigenvalue weighted by Gasteiger charge is -2.42. The molecule has 5 heterocycles. The van der Waals surface area contributed by atoms with Gasteiger partial charge in [0.05, 0.1) is 12.0 Å². The van der Waals surface area contributed by atoms with E-state index in [0.717, 1.165) is 59.4 Å². The van der Waals surface area contributed by atoms with Crippen LogP contribution in [0.15, 0.2) is 59.0 Å². The molecule has 1 fully saturated rings. The van der Waals surface area contributed by atoms with E-state index in [1.807, 2.05) is 30.7 Å². The fraction of sp³-hybridized carbons (Fsp3) is 0.333. The summed E-state index contributed by atoms with van der Waals surface area (Å²) in [5, 5.41) is 0.480. The lowest BCUT2D eigenvalue weighted by atomic mass is 9.73. The van der Waals surface area contributed by atoms with Gasteiger partial charge in [0.2, 0.25) is 11.8 Å². The summed E-state index contributed by atoms with van der Waals surface area (Å²) in [6.45, 7) is 1.78. The van der Waals surface area contributed by atoms with Crippen molar-refractivity contribution in [3.8, 4) is 5.88 Å². The number of piperidine rings is 1. The molecule has 8 nitrogen and oxygen atoms in total. The molecule has 4 aromatic heterocycles. The predicted molar refractivity (Wildman–Crippen MR) is 132 cm³/mol. The highest BCUT2D eigenvalue weighted by Crippen LogP contribution is 2.50. The number of nitrogens with two attached hydrogens (primary N) is 1. The van der Waals surface area contributed by atoms with E-state index in [0.29, 0.717) is 10.9 Å². The molecule has 174 valence electrons. The number of anilines is 1. The quantitative estimate of drug-likeness (QED) is 0.452. The Labute approximate surface area is 206 Å². The first-order chi connectivity index (χ1) is 16.6. The van der Waals surface area contributed by atoms with Gasteiger partial charge in [-0.3, -0.25) is 9.38 Å². The molecule has 0 bridgehead atoms. The summed E-state index contributed by atoms with van der Waals surface area (Å²) in [5.74, 6) is 1.30. The molecule has 1 aliphatic heterocycles. The Morgan fingerprint density at radius 3 is 2.74 bits per heavy atom. The number of ether oxygens (including phenoxy) is 1. The maximum absolute atomic E-state index is 6.72. The Balaban J connectivity index is 1.25. The topological polar surface area (TPSA) is 94.5 Å². The molecule has 10 heteroatoms. The van der Waals surface area contributed by atoms with Crippen LogP contribution in [-0.2, 0) is 6.42 Å². The molecule has 0 aromatic carbocycles. The van der Waals surface area contributed by atoms with Gasteiger partial charge in [-0.05, 0) is 42.4 Å². The second-order valence-corrected chi connectivity index (χ2v) is 10.3. The van der Waals surface area contributed by atoms with Crippen molar-refractivity contribution in [2.24, 2.45) is 11.1 Å². The van der Waals surface area contributed by atoms with Crippen LogP contribution in [0.25, 0.3) is 5.65 Å². The van der Waals surface area contributed by atoms with E-state index in [2.05, 4.69) is 30.3 Å². The van der Waals surface area contributed by atoms with E-state index in [4.69, 9.17) is 27.1 Å². The number of aromatic nitrogens is 5. The van der Waals surface area contributed by atoms with Crippen LogP contribution < -0.4 is 15.4 Å². The minimum Gasteiger partial charge on any atom is -0.480 e. The van der Waals surface area contributed by atoms with Crippen LogP contribution in [0, 0.1) is 5.41 Å². The van der Waals surface area contributed by atoms with E-state index >= 15 is 0 Å². The van der Waals surface area contributed by atoms with Crippen molar-refractivity contribution in [2.45, 2.75) is 35.1 Å². The minimum absolute atomic E-state index is 0.0421. The fourth-order valence-corrected chi connectivity index (χ4v) is 6.43. The van der Waals surface area contributed by atoms with Crippen LogP contribution in [0.5, 0.6) is 5.88 Å². The number of nitrogens with zero attached hydrogens (tertiary/aromatic N) is 6. The Hall–Kier alpha value is -2.88. The van der Waals surface area contributed by atoms with Crippen LogP contribution in [-0.4, -0.2) is 44.5 Å². The lowest BCUT2D eigenvalue weighted by molar-refractivity contribution is 0.186. The van der Waals surface area contributed by atoms with Gasteiger partial charge in [-0.2, -0.15) is 0 Å². The van der Waals surface area contributed by atoms with E-state index in [1.54, 1.807) is 19.5 Å². The van der Waals surface area contributed by atoms with Gasteiger partial charge in [0.1, 0.15) is 5.02 Å². The van der Waals surface area contributed by atoms with Crippen LogP contribution in [0.1, 0.15) is 30.1 Å². The van der Waals surface area contributed by atoms with Crippen molar-refractivity contribution < 1.29 is 4.74 Å². The first-order valence-electron chi connectivity index (χ1n) is 11.2. The van der Waals surface area contributed by atoms with Crippen molar-refractivity contribution in [3.05, 3.63) is 65.5 Å². The van der Waals surface area contributed by atoms with Gasteiger partial charge in [-0.15, -0.1) is 0 Å². The number of imidazole rings is 1. The standard InChI is InChI=1S/C24H24ClN7OS/c1-33-22-19(25)17(4-8-29-22)34-18-14-30-23(32-12-9-28-21(18)32)31-10-5-24(6-11-31)13-16-15(20(24)26)3-2-7-27-16/h2-4,7-9,12,14,20H,5-6,10-11,13,26H2,1H3/t20-/m1/s1. The van der Waals surface area contributed by atoms with Crippen molar-refractivity contribution in [1.29, 1.82) is 0 Å². The minimum atomic E-state index is 0.0421. The average Bonchev–Trinajstić information content (AvgIpc) is 3.46. The van der Waals surface area contributed by atoms with Gasteiger partial charge in [-0.1, -0.05) is 29.4 Å². The Kier molecular flexibility index (Phi) is 5.35. The number of pyridine rings is 2. The normalized spacial score (nSPS) is 19.0. The molecule has 0 saturated carbocycles. The highest BCUT2D eigenvalue weighted by molar-refractivity contribution is 7.99. The number of halogens is 1. The highest BCUT2D eigenvalue weighted by atomic mass is 35.5. The SMILES string of the molecule is COc1nccc(Sc2cnc(N3CCC4(CC3)Cc3ncccc3[C@H]4N)n3ccnc23)c1Cl. The van der Waals surface area contributed by atoms with Crippen molar-refractivity contribution in [1.82, 2.24) is 24.3 Å². The summed E-state index contributed by atoms with van der Waals surface area (Å²) >= 11 is 7.96. The molecule has 0 radical (unpaired) electrons. The zero-order valence-corrected chi connectivity index (χ0v) is 20.3. The molecule has 2 aliphatic rings. The summed E-state index contributed by atoms with van der Waals surface area (Å²) in [4.78, 5) is 22.3. The predicted octanol–water partition coefficient (Wildman–Crippen LogP) is 4.18. The number of methoxy groups -OCH3 is 1. The second-order valence-electron chi connectivity index (χ2n) is 8.82. The van der Waals surface area contributed by atoms with Crippen LogP contribution in [0.4, 0.5) is 5.95 Å². The van der Waals surface area contributed by atoms with E-state index in [9.17, 15) is 0 Å². The first-order valence-corrected chi connectivity index (χ1v) is 12.4. The van der Waals surface area contributed by atoms with Crippen LogP contribution >= 0.6 is 23.4 Å². The molecule has 1 atom stereocenters. The molecule has 34 heavy (non-hydrogen) atoms. The monoisotopic (exact) mass is 493 g/mol. The largest absolute Gasteiger partial charge is 0.480 e. The molecule has 4 aromatic rings. The third kappa shape index (κ3) is 3.41. The third-order valence-corrected chi connectivity index (χ3v) is 8.64. The summed E-state index contributed by atoms with van der Waals surface area (Å²) in [7, 11) is 1.56. The molecular weight excluding hydrogens is 470 g/mol. The molecule has 2 N–H and O–H groups in total. The number of hydrogen-bond acceptors (Lipinski definition) is 8. The van der Waals surface area contributed by atoms with Crippen LogP contribution in [0.2, 0.25) is 5.02 Å². The van der Waals surface area contributed by atoms with E-state index < -0.39 is 0 Å². The number of rotatable bonds is 4. The van der Waals surface area contributed by atoms with Crippen molar-refractivity contribution in [3.63, 3.8) is 0 Å². The van der Waals surface area contributed by atoms with Gasteiger partial charge in [-0.25, -0.2) is 15.0 Å². The van der Waals surface area contributed by atoms with Gasteiger partial charge >= 0.3 is 0 Å². The molecule has 1 saturated heterocycles. The van der Waals surface area contributed by atoms with Gasteiger partial charge < -0.3 is 15.4 Å². The smallest absolute Gasteiger partial charge is 0.233 e. The second kappa shape index (κ2) is 8.41. The molecule has 0 amide bonds. The molecular formula is C24H24ClN7OS. The summed E-state index contributed by atoms with van der Waals surface area (Å²) < 4.78 is 7.30. The van der Waals surface area contributed by atoms with Gasteiger partial charge in [0.25, 0.3) is 0 Å². The van der Waals surface area contributed by atoms with Crippen molar-refractivity contribution in [2.75, 3.05) is 25.1 Å². The summed E-state index contributed by atoms with van der Waals surface area (Å²) in [5.41, 5.74) is 10.0. The average molecular weight is 494 g/mol. The summed E-state index contributed by atoms with van der Waals surface area (Å²) in [6.07, 6.45) is 12.2. The Morgan fingerprint density at radius 2 is 1.94 bits per heavy atom. The first kappa shape index (κ1) is 21.6. The Bertz CT molecular complexity index is 1370. The molecule has 1 spiro atoms. The maximum atomic E-state index is 6.72. The van der Waals surface area contributed by atoms with E-state index in [-0.39, 0.29) is 11.5 Å². The molecule has 6 rings (SSSR count). The Morgan fingerprint density at radius 1 is 1.09 bits per heavy atom.